The Balaban J connectivity index is 1.63. The van der Waals surface area contributed by atoms with Crippen molar-refractivity contribution in [3.8, 4) is 0 Å². The number of likely N-dealkylation sites (tertiary alicyclic amines) is 2. The minimum absolute atomic E-state index is 0.0758. The van der Waals surface area contributed by atoms with Gasteiger partial charge in [0, 0.05) is 38.8 Å². The van der Waals surface area contributed by atoms with Crippen molar-refractivity contribution in [2.24, 2.45) is 5.41 Å². The molecule has 6 heteroatoms. The molecule has 1 aromatic heterocycles. The first-order valence-corrected chi connectivity index (χ1v) is 8.85. The number of ether oxygens (including phenoxy) is 1. The molecule has 3 heterocycles. The van der Waals surface area contributed by atoms with Crippen LogP contribution in [0.3, 0.4) is 0 Å². The highest BCUT2D eigenvalue weighted by molar-refractivity contribution is 5.93. The van der Waals surface area contributed by atoms with Gasteiger partial charge in [0.25, 0.3) is 5.91 Å². The first kappa shape index (κ1) is 17.3. The number of hydrogen-bond acceptors (Lipinski definition) is 5. The highest BCUT2D eigenvalue weighted by Gasteiger charge is 2.46. The van der Waals surface area contributed by atoms with Crippen LogP contribution < -0.4 is 0 Å². The van der Waals surface area contributed by atoms with Gasteiger partial charge in [-0.3, -0.25) is 9.69 Å². The lowest BCUT2D eigenvalue weighted by molar-refractivity contribution is 0.0581. The van der Waals surface area contributed by atoms with Gasteiger partial charge in [0.15, 0.2) is 0 Å². The van der Waals surface area contributed by atoms with Crippen LogP contribution in [0, 0.1) is 5.41 Å². The van der Waals surface area contributed by atoms with E-state index in [4.69, 9.17) is 4.74 Å². The minimum Gasteiger partial charge on any atom is -0.383 e. The van der Waals surface area contributed by atoms with Crippen molar-refractivity contribution in [2.45, 2.75) is 45.2 Å². The lowest BCUT2D eigenvalue weighted by Gasteiger charge is -2.39. The molecule has 0 radical (unpaired) electrons. The van der Waals surface area contributed by atoms with E-state index in [2.05, 4.69) is 28.9 Å². The molecule has 0 aliphatic carbocycles. The van der Waals surface area contributed by atoms with Crippen LogP contribution in [-0.2, 0) is 4.74 Å². The number of amides is 1. The van der Waals surface area contributed by atoms with Crippen molar-refractivity contribution in [1.82, 2.24) is 20.0 Å². The molecule has 1 amide bonds. The van der Waals surface area contributed by atoms with E-state index in [0.717, 1.165) is 39.1 Å². The van der Waals surface area contributed by atoms with Gasteiger partial charge in [-0.1, -0.05) is 0 Å². The lowest BCUT2D eigenvalue weighted by atomic mass is 9.76. The number of carbonyl (C=O) groups excluding carboxylic acids is 1. The van der Waals surface area contributed by atoms with Crippen LogP contribution in [0.2, 0.25) is 0 Å². The maximum absolute atomic E-state index is 12.6. The second-order valence-corrected chi connectivity index (χ2v) is 7.50. The minimum atomic E-state index is 0.0758. The topological polar surface area (TPSA) is 58.6 Å². The SMILES string of the molecule is COC[C@@H]1CC2(CCN(C(=O)c3ccnnc3)CC2)CN1C(C)C. The molecule has 2 saturated heterocycles. The van der Waals surface area contributed by atoms with Crippen LogP contribution in [0.5, 0.6) is 0 Å². The van der Waals surface area contributed by atoms with E-state index in [1.807, 2.05) is 4.90 Å². The average Bonchev–Trinajstić information content (AvgIpc) is 2.94. The Labute approximate surface area is 144 Å². The lowest BCUT2D eigenvalue weighted by Crippen LogP contribution is -2.44. The monoisotopic (exact) mass is 332 g/mol. The van der Waals surface area contributed by atoms with Gasteiger partial charge in [-0.15, -0.1) is 0 Å². The van der Waals surface area contributed by atoms with Gasteiger partial charge in [0.05, 0.1) is 24.6 Å². The zero-order chi connectivity index (χ0) is 17.2. The number of aromatic nitrogens is 2. The van der Waals surface area contributed by atoms with E-state index < -0.39 is 0 Å². The molecule has 0 aromatic carbocycles. The number of carbonyl (C=O) groups is 1. The Morgan fingerprint density at radius 2 is 2.12 bits per heavy atom. The largest absolute Gasteiger partial charge is 0.383 e. The molecule has 0 N–H and O–H groups in total. The zero-order valence-corrected chi connectivity index (χ0v) is 14.9. The molecule has 1 aromatic rings. The number of nitrogens with zero attached hydrogens (tertiary/aromatic N) is 4. The van der Waals surface area contributed by atoms with Crippen molar-refractivity contribution in [2.75, 3.05) is 33.4 Å². The molecule has 132 valence electrons. The van der Waals surface area contributed by atoms with E-state index in [9.17, 15) is 4.79 Å². The Morgan fingerprint density at radius 3 is 2.71 bits per heavy atom. The van der Waals surface area contributed by atoms with Crippen molar-refractivity contribution in [1.29, 1.82) is 0 Å². The van der Waals surface area contributed by atoms with Gasteiger partial charge in [0.1, 0.15) is 0 Å². The van der Waals surface area contributed by atoms with Crippen LogP contribution in [0.25, 0.3) is 0 Å². The molecule has 2 fully saturated rings. The number of rotatable bonds is 4. The summed E-state index contributed by atoms with van der Waals surface area (Å²) < 4.78 is 5.44. The molecule has 2 aliphatic rings. The van der Waals surface area contributed by atoms with Crippen molar-refractivity contribution in [3.63, 3.8) is 0 Å². The van der Waals surface area contributed by atoms with Gasteiger partial charge in [0.2, 0.25) is 0 Å². The standard InChI is InChI=1S/C18H28N4O2/c1-14(2)22-13-18(10-16(22)12-24-3)5-8-21(9-6-18)17(23)15-4-7-19-20-11-15/h4,7,11,14,16H,5-6,8-10,12-13H2,1-3H3/t16-/m0/s1. The van der Waals surface area contributed by atoms with Crippen LogP contribution in [0.1, 0.15) is 43.5 Å². The number of hydrogen-bond donors (Lipinski definition) is 0. The Bertz CT molecular complexity index is 555. The molecule has 0 saturated carbocycles. The van der Waals surface area contributed by atoms with Crippen LogP contribution in [0.15, 0.2) is 18.5 Å². The molecule has 3 rings (SSSR count). The second-order valence-electron chi connectivity index (χ2n) is 7.50. The summed E-state index contributed by atoms with van der Waals surface area (Å²) in [6.45, 7) is 8.09. The highest BCUT2D eigenvalue weighted by Crippen LogP contribution is 2.44. The first-order valence-electron chi connectivity index (χ1n) is 8.85. The Morgan fingerprint density at radius 1 is 1.38 bits per heavy atom. The molecule has 1 atom stereocenters. The maximum atomic E-state index is 12.6. The molecule has 6 nitrogen and oxygen atoms in total. The third-order valence-electron chi connectivity index (χ3n) is 5.62. The van der Waals surface area contributed by atoms with E-state index in [-0.39, 0.29) is 5.91 Å². The third kappa shape index (κ3) is 3.44. The molecule has 24 heavy (non-hydrogen) atoms. The van der Waals surface area contributed by atoms with E-state index >= 15 is 0 Å². The van der Waals surface area contributed by atoms with Gasteiger partial charge in [-0.05, 0) is 44.6 Å². The predicted molar refractivity (Wildman–Crippen MR) is 91.7 cm³/mol. The summed E-state index contributed by atoms with van der Waals surface area (Å²) >= 11 is 0. The molecule has 0 bridgehead atoms. The average molecular weight is 332 g/mol. The van der Waals surface area contributed by atoms with Gasteiger partial charge < -0.3 is 9.64 Å². The Hall–Kier alpha value is -1.53. The first-order chi connectivity index (χ1) is 11.5. The van der Waals surface area contributed by atoms with Crippen LogP contribution >= 0.6 is 0 Å². The predicted octanol–water partition coefficient (Wildman–Crippen LogP) is 1.83. The second kappa shape index (κ2) is 7.15. The van der Waals surface area contributed by atoms with Crippen molar-refractivity contribution < 1.29 is 9.53 Å². The van der Waals surface area contributed by atoms with Gasteiger partial charge >= 0.3 is 0 Å². The summed E-state index contributed by atoms with van der Waals surface area (Å²) in [6.07, 6.45) is 6.45. The molecular formula is C18H28N4O2. The summed E-state index contributed by atoms with van der Waals surface area (Å²) in [6, 6.07) is 2.78. The maximum Gasteiger partial charge on any atom is 0.255 e. The van der Waals surface area contributed by atoms with Crippen molar-refractivity contribution in [3.05, 3.63) is 24.0 Å². The summed E-state index contributed by atoms with van der Waals surface area (Å²) in [5, 5.41) is 7.56. The summed E-state index contributed by atoms with van der Waals surface area (Å²) in [5.41, 5.74) is 0.967. The van der Waals surface area contributed by atoms with E-state index in [1.54, 1.807) is 25.6 Å². The fourth-order valence-corrected chi connectivity index (χ4v) is 4.30. The fourth-order valence-electron chi connectivity index (χ4n) is 4.30. The Kier molecular flexibility index (Phi) is 5.15. The summed E-state index contributed by atoms with van der Waals surface area (Å²) in [7, 11) is 1.79. The van der Waals surface area contributed by atoms with Crippen molar-refractivity contribution >= 4 is 5.91 Å². The molecule has 2 aliphatic heterocycles. The number of methoxy groups -OCH3 is 1. The summed E-state index contributed by atoms with van der Waals surface area (Å²) in [4.78, 5) is 17.1. The fraction of sp³-hybridized carbons (Fsp3) is 0.722. The normalized spacial score (nSPS) is 24.0. The summed E-state index contributed by atoms with van der Waals surface area (Å²) in [5.74, 6) is 0.0758. The third-order valence-corrected chi connectivity index (χ3v) is 5.62. The van der Waals surface area contributed by atoms with Crippen LogP contribution in [-0.4, -0.2) is 71.3 Å². The highest BCUT2D eigenvalue weighted by atomic mass is 16.5. The smallest absolute Gasteiger partial charge is 0.255 e. The van der Waals surface area contributed by atoms with E-state index in [0.29, 0.717) is 23.1 Å². The van der Waals surface area contributed by atoms with Gasteiger partial charge in [-0.2, -0.15) is 10.2 Å². The van der Waals surface area contributed by atoms with E-state index in [1.165, 1.54) is 6.42 Å². The molecule has 1 spiro atoms. The van der Waals surface area contributed by atoms with Crippen LogP contribution in [0.4, 0.5) is 0 Å². The quantitative estimate of drug-likeness (QED) is 0.842. The van der Waals surface area contributed by atoms with Gasteiger partial charge in [-0.25, -0.2) is 0 Å². The molecular weight excluding hydrogens is 304 g/mol. The zero-order valence-electron chi connectivity index (χ0n) is 14.9. The number of piperidine rings is 1. The molecule has 0 unspecified atom stereocenters.